The third kappa shape index (κ3) is 4.95. The molecule has 10 heteroatoms. The summed E-state index contributed by atoms with van der Waals surface area (Å²) in [5.74, 6) is 1.21. The Morgan fingerprint density at radius 2 is 1.91 bits per heavy atom. The van der Waals surface area contributed by atoms with Crippen molar-refractivity contribution in [1.29, 1.82) is 0 Å². The first-order chi connectivity index (χ1) is 16.3. The number of aromatic nitrogens is 3. The van der Waals surface area contributed by atoms with Gasteiger partial charge in [-0.2, -0.15) is 0 Å². The lowest BCUT2D eigenvalue weighted by atomic mass is 10.1. The summed E-state index contributed by atoms with van der Waals surface area (Å²) >= 11 is 6.20. The Hall–Kier alpha value is -2.91. The van der Waals surface area contributed by atoms with Gasteiger partial charge >= 0.3 is 0 Å². The predicted octanol–water partition coefficient (Wildman–Crippen LogP) is 2.74. The van der Waals surface area contributed by atoms with Crippen LogP contribution in [-0.2, 0) is 22.7 Å². The summed E-state index contributed by atoms with van der Waals surface area (Å²) in [6.07, 6.45) is 1.12. The van der Waals surface area contributed by atoms with Gasteiger partial charge in [-0.1, -0.05) is 11.6 Å². The van der Waals surface area contributed by atoms with E-state index in [9.17, 15) is 9.59 Å². The summed E-state index contributed by atoms with van der Waals surface area (Å²) in [5.41, 5.74) is 8.45. The molecule has 0 bridgehead atoms. The van der Waals surface area contributed by atoms with Crippen molar-refractivity contribution in [2.24, 2.45) is 0 Å². The van der Waals surface area contributed by atoms with E-state index in [1.54, 1.807) is 17.9 Å². The van der Waals surface area contributed by atoms with E-state index in [0.29, 0.717) is 54.3 Å². The van der Waals surface area contributed by atoms with Crippen molar-refractivity contribution in [1.82, 2.24) is 29.2 Å². The largest absolute Gasteiger partial charge is 0.382 e. The van der Waals surface area contributed by atoms with Crippen LogP contribution in [0.15, 0.2) is 18.2 Å². The van der Waals surface area contributed by atoms with Gasteiger partial charge in [0.05, 0.1) is 17.6 Å². The van der Waals surface area contributed by atoms with Gasteiger partial charge in [-0.15, -0.1) is 0 Å². The van der Waals surface area contributed by atoms with Crippen LogP contribution in [0.2, 0.25) is 5.02 Å². The fraction of sp³-hybridized carbons (Fsp3) is 0.500. The molecule has 1 saturated heterocycles. The standard InChI is InChI=1S/C24H32ClN7O2/c1-4-30(16(2)33)15-20-28-22-23(18-8-7-17(25)14-19(18)27-24(22)26)32(20)9-5-6-21(34)31-12-10-29(3)11-13-31/h7-8,14H,4-6,9-13,15H2,1-3H3,(H2,26,27). The van der Waals surface area contributed by atoms with Gasteiger partial charge in [-0.05, 0) is 38.6 Å². The molecule has 182 valence electrons. The highest BCUT2D eigenvalue weighted by molar-refractivity contribution is 6.31. The molecule has 9 nitrogen and oxygen atoms in total. The summed E-state index contributed by atoms with van der Waals surface area (Å²) < 4.78 is 2.09. The van der Waals surface area contributed by atoms with Gasteiger partial charge < -0.3 is 25.0 Å². The van der Waals surface area contributed by atoms with Crippen molar-refractivity contribution in [3.05, 3.63) is 29.0 Å². The number of hydrogen-bond donors (Lipinski definition) is 1. The van der Waals surface area contributed by atoms with E-state index < -0.39 is 0 Å². The number of imidazole rings is 1. The zero-order chi connectivity index (χ0) is 24.4. The van der Waals surface area contributed by atoms with E-state index >= 15 is 0 Å². The van der Waals surface area contributed by atoms with Crippen LogP contribution in [0.25, 0.3) is 21.9 Å². The molecule has 1 aliphatic heterocycles. The molecular formula is C24H32ClN7O2. The Labute approximate surface area is 204 Å². The second-order valence-electron chi connectivity index (χ2n) is 8.86. The number of amides is 2. The molecule has 1 fully saturated rings. The maximum absolute atomic E-state index is 12.8. The Kier molecular flexibility index (Phi) is 7.23. The van der Waals surface area contributed by atoms with Crippen molar-refractivity contribution >= 4 is 51.2 Å². The van der Waals surface area contributed by atoms with Gasteiger partial charge in [0.15, 0.2) is 5.82 Å². The molecule has 2 N–H and O–H groups in total. The number of nitrogens with two attached hydrogens (primary N) is 1. The Morgan fingerprint density at radius 1 is 1.18 bits per heavy atom. The number of halogens is 1. The molecule has 0 radical (unpaired) electrons. The SMILES string of the molecule is CCN(Cc1nc2c(N)nc3cc(Cl)ccc3c2n1CCCC(=O)N1CCN(C)CC1)C(C)=O. The average Bonchev–Trinajstić information content (AvgIpc) is 3.16. The number of piperazine rings is 1. The number of carbonyl (C=O) groups excluding carboxylic acids is 2. The molecule has 1 aliphatic rings. The molecule has 3 heterocycles. The highest BCUT2D eigenvalue weighted by atomic mass is 35.5. The van der Waals surface area contributed by atoms with Crippen LogP contribution >= 0.6 is 11.6 Å². The minimum atomic E-state index is -0.0194. The summed E-state index contributed by atoms with van der Waals surface area (Å²) in [7, 11) is 2.08. The first-order valence-corrected chi connectivity index (χ1v) is 12.1. The van der Waals surface area contributed by atoms with Crippen molar-refractivity contribution in [2.75, 3.05) is 45.5 Å². The van der Waals surface area contributed by atoms with Crippen LogP contribution < -0.4 is 5.73 Å². The zero-order valence-electron chi connectivity index (χ0n) is 20.1. The Balaban J connectivity index is 1.67. The highest BCUT2D eigenvalue weighted by Crippen LogP contribution is 2.31. The summed E-state index contributed by atoms with van der Waals surface area (Å²) in [6, 6.07) is 5.53. The van der Waals surface area contributed by atoms with Crippen molar-refractivity contribution in [2.45, 2.75) is 39.8 Å². The second-order valence-corrected chi connectivity index (χ2v) is 9.29. The molecule has 0 unspecified atom stereocenters. The Morgan fingerprint density at radius 3 is 2.59 bits per heavy atom. The van der Waals surface area contributed by atoms with Crippen LogP contribution in [0.5, 0.6) is 0 Å². The van der Waals surface area contributed by atoms with Crippen LogP contribution in [-0.4, -0.2) is 80.8 Å². The van der Waals surface area contributed by atoms with Crippen LogP contribution in [0.4, 0.5) is 5.82 Å². The smallest absolute Gasteiger partial charge is 0.222 e. The summed E-state index contributed by atoms with van der Waals surface area (Å²) in [6.45, 7) is 8.36. The van der Waals surface area contributed by atoms with Crippen molar-refractivity contribution in [3.8, 4) is 0 Å². The molecule has 0 saturated carbocycles. The lowest BCUT2D eigenvalue weighted by Gasteiger charge is -2.32. The van der Waals surface area contributed by atoms with Gasteiger partial charge in [0.1, 0.15) is 11.3 Å². The molecule has 0 atom stereocenters. The number of nitrogen functional groups attached to an aromatic ring is 1. The van der Waals surface area contributed by atoms with Crippen LogP contribution in [0, 0.1) is 0 Å². The molecule has 2 amide bonds. The van der Waals surface area contributed by atoms with E-state index in [2.05, 4.69) is 21.5 Å². The number of nitrogens with zero attached hydrogens (tertiary/aromatic N) is 6. The molecule has 4 rings (SSSR count). The molecule has 3 aromatic rings. The quantitative estimate of drug-likeness (QED) is 0.552. The maximum Gasteiger partial charge on any atom is 0.222 e. The molecule has 0 spiro atoms. The van der Waals surface area contributed by atoms with Gasteiger partial charge in [-0.25, -0.2) is 9.97 Å². The fourth-order valence-corrected chi connectivity index (χ4v) is 4.68. The number of fused-ring (bicyclic) bond motifs is 3. The van der Waals surface area contributed by atoms with E-state index in [0.717, 1.165) is 42.9 Å². The number of anilines is 1. The van der Waals surface area contributed by atoms with Crippen LogP contribution in [0.3, 0.4) is 0 Å². The minimum absolute atomic E-state index is 0.0194. The number of carbonyl (C=O) groups is 2. The van der Waals surface area contributed by atoms with Crippen molar-refractivity contribution in [3.63, 3.8) is 0 Å². The fourth-order valence-electron chi connectivity index (χ4n) is 4.51. The van der Waals surface area contributed by atoms with E-state index in [1.807, 2.05) is 24.0 Å². The number of likely N-dealkylation sites (N-methyl/N-ethyl adjacent to an activating group) is 1. The molecule has 34 heavy (non-hydrogen) atoms. The second kappa shape index (κ2) is 10.1. The third-order valence-electron chi connectivity index (χ3n) is 6.53. The molecular weight excluding hydrogens is 454 g/mol. The number of hydrogen-bond acceptors (Lipinski definition) is 6. The number of aryl methyl sites for hydroxylation is 1. The summed E-state index contributed by atoms with van der Waals surface area (Å²) in [4.78, 5) is 40.1. The normalized spacial score (nSPS) is 14.8. The lowest BCUT2D eigenvalue weighted by Crippen LogP contribution is -2.47. The van der Waals surface area contributed by atoms with Gasteiger partial charge in [0.2, 0.25) is 11.8 Å². The first kappa shape index (κ1) is 24.2. The predicted molar refractivity (Wildman–Crippen MR) is 135 cm³/mol. The zero-order valence-corrected chi connectivity index (χ0v) is 20.8. The average molecular weight is 486 g/mol. The summed E-state index contributed by atoms with van der Waals surface area (Å²) in [5, 5.41) is 1.47. The topological polar surface area (TPSA) is 101 Å². The van der Waals surface area contributed by atoms with Crippen LogP contribution in [0.1, 0.15) is 32.5 Å². The van der Waals surface area contributed by atoms with Crippen molar-refractivity contribution < 1.29 is 9.59 Å². The maximum atomic E-state index is 12.8. The van der Waals surface area contributed by atoms with Gasteiger partial charge in [-0.3, -0.25) is 9.59 Å². The monoisotopic (exact) mass is 485 g/mol. The minimum Gasteiger partial charge on any atom is -0.382 e. The molecule has 1 aromatic carbocycles. The lowest BCUT2D eigenvalue weighted by molar-refractivity contribution is -0.133. The molecule has 0 aliphatic carbocycles. The number of rotatable bonds is 7. The van der Waals surface area contributed by atoms with Gasteiger partial charge in [0.25, 0.3) is 0 Å². The van der Waals surface area contributed by atoms with Gasteiger partial charge in [0, 0.05) is 63.0 Å². The van der Waals surface area contributed by atoms with E-state index in [4.69, 9.17) is 22.3 Å². The highest BCUT2D eigenvalue weighted by Gasteiger charge is 2.22. The number of pyridine rings is 1. The number of benzene rings is 1. The Bertz CT molecular complexity index is 1220. The first-order valence-electron chi connectivity index (χ1n) is 11.7. The van der Waals surface area contributed by atoms with E-state index in [1.165, 1.54) is 0 Å². The third-order valence-corrected chi connectivity index (χ3v) is 6.77. The van der Waals surface area contributed by atoms with E-state index in [-0.39, 0.29) is 11.8 Å². The molecule has 2 aromatic heterocycles.